The van der Waals surface area contributed by atoms with Crippen molar-refractivity contribution in [1.82, 2.24) is 24.5 Å². The van der Waals surface area contributed by atoms with Gasteiger partial charge in [-0.2, -0.15) is 0 Å². The second kappa shape index (κ2) is 7.59. The van der Waals surface area contributed by atoms with Crippen molar-refractivity contribution in [3.05, 3.63) is 91.3 Å². The molecule has 0 radical (unpaired) electrons. The molecule has 0 amide bonds. The molecule has 3 aromatic heterocycles. The van der Waals surface area contributed by atoms with Gasteiger partial charge in [0, 0.05) is 53.5 Å². The second-order valence-electron chi connectivity index (χ2n) is 6.82. The molecule has 2 N–H and O–H groups in total. The summed E-state index contributed by atoms with van der Waals surface area (Å²) in [5.74, 6) is 0.640. The molecule has 0 unspecified atom stereocenters. The first-order valence-electron chi connectivity index (χ1n) is 9.57. The zero-order valence-corrected chi connectivity index (χ0v) is 15.8. The van der Waals surface area contributed by atoms with E-state index < -0.39 is 0 Å². The van der Waals surface area contributed by atoms with Crippen LogP contribution in [0.15, 0.2) is 85.7 Å². The predicted octanol–water partition coefficient (Wildman–Crippen LogP) is 4.47. The molecule has 0 saturated heterocycles. The topological polar surface area (TPSA) is 71.4 Å². The first-order chi connectivity index (χ1) is 14.4. The molecule has 5 aromatic rings. The highest BCUT2D eigenvalue weighted by Gasteiger charge is 2.05. The average molecular weight is 380 g/mol. The van der Waals surface area contributed by atoms with Gasteiger partial charge in [0.2, 0.25) is 5.95 Å². The number of rotatable bonds is 6. The maximum atomic E-state index is 4.67. The largest absolute Gasteiger partial charge is 0.361 e. The predicted molar refractivity (Wildman–Crippen MR) is 115 cm³/mol. The summed E-state index contributed by atoms with van der Waals surface area (Å²) in [6, 6.07) is 18.5. The minimum absolute atomic E-state index is 0.640. The van der Waals surface area contributed by atoms with Gasteiger partial charge in [-0.15, -0.1) is 0 Å². The second-order valence-corrected chi connectivity index (χ2v) is 6.82. The van der Waals surface area contributed by atoms with Crippen molar-refractivity contribution in [2.45, 2.75) is 6.42 Å². The third-order valence-corrected chi connectivity index (χ3v) is 4.97. The minimum atomic E-state index is 0.640. The first-order valence-corrected chi connectivity index (χ1v) is 9.57. The minimum Gasteiger partial charge on any atom is -0.361 e. The lowest BCUT2D eigenvalue weighted by Crippen LogP contribution is -2.08. The molecular formula is C23H20N6. The number of aromatic nitrogens is 5. The molecule has 0 aliphatic carbocycles. The van der Waals surface area contributed by atoms with Crippen molar-refractivity contribution in [3.8, 4) is 16.9 Å². The van der Waals surface area contributed by atoms with E-state index in [4.69, 9.17) is 0 Å². The molecular weight excluding hydrogens is 360 g/mol. The maximum Gasteiger partial charge on any atom is 0.223 e. The summed E-state index contributed by atoms with van der Waals surface area (Å²) < 4.78 is 1.97. The molecule has 0 fully saturated rings. The number of para-hydroxylation sites is 1. The Morgan fingerprint density at radius 1 is 0.966 bits per heavy atom. The van der Waals surface area contributed by atoms with Gasteiger partial charge < -0.3 is 14.9 Å². The van der Waals surface area contributed by atoms with E-state index >= 15 is 0 Å². The van der Waals surface area contributed by atoms with Crippen LogP contribution in [0, 0.1) is 0 Å². The van der Waals surface area contributed by atoms with Crippen molar-refractivity contribution < 1.29 is 0 Å². The number of nitrogens with zero attached hydrogens (tertiary/aromatic N) is 4. The molecule has 29 heavy (non-hydrogen) atoms. The van der Waals surface area contributed by atoms with E-state index in [9.17, 15) is 0 Å². The van der Waals surface area contributed by atoms with Crippen molar-refractivity contribution in [3.63, 3.8) is 0 Å². The maximum absolute atomic E-state index is 4.67. The van der Waals surface area contributed by atoms with Gasteiger partial charge in [0.25, 0.3) is 0 Å². The Bertz CT molecular complexity index is 1220. The fourth-order valence-corrected chi connectivity index (χ4v) is 3.47. The van der Waals surface area contributed by atoms with Crippen LogP contribution in [0.3, 0.4) is 0 Å². The number of aromatic amines is 1. The standard InChI is InChI=1S/C23H20N6/c1-2-4-22-20(3-1)18(15-27-22)9-11-25-23-26-12-10-21(28-23)17-5-7-19(8-6-17)29-14-13-24-16-29/h1-8,10,12-16,27H,9,11H2,(H,25,26,28). The van der Waals surface area contributed by atoms with Crippen LogP contribution in [0.1, 0.15) is 5.56 Å². The van der Waals surface area contributed by atoms with Gasteiger partial charge in [0.15, 0.2) is 0 Å². The van der Waals surface area contributed by atoms with Gasteiger partial charge in [-0.1, -0.05) is 30.3 Å². The summed E-state index contributed by atoms with van der Waals surface area (Å²) >= 11 is 0. The van der Waals surface area contributed by atoms with E-state index in [-0.39, 0.29) is 0 Å². The zero-order valence-electron chi connectivity index (χ0n) is 15.8. The first kappa shape index (κ1) is 17.2. The lowest BCUT2D eigenvalue weighted by Gasteiger charge is -2.08. The van der Waals surface area contributed by atoms with E-state index in [0.717, 1.165) is 29.9 Å². The molecule has 2 aromatic carbocycles. The third kappa shape index (κ3) is 3.60. The lowest BCUT2D eigenvalue weighted by molar-refractivity contribution is 0.991. The number of hydrogen-bond acceptors (Lipinski definition) is 4. The molecule has 5 rings (SSSR count). The fraction of sp³-hybridized carbons (Fsp3) is 0.0870. The van der Waals surface area contributed by atoms with Crippen molar-refractivity contribution in [1.29, 1.82) is 0 Å². The molecule has 0 bridgehead atoms. The van der Waals surface area contributed by atoms with Crippen LogP contribution in [-0.4, -0.2) is 31.0 Å². The Hall–Kier alpha value is -3.93. The highest BCUT2D eigenvalue weighted by molar-refractivity contribution is 5.83. The van der Waals surface area contributed by atoms with Crippen LogP contribution in [0.4, 0.5) is 5.95 Å². The van der Waals surface area contributed by atoms with Crippen molar-refractivity contribution in [2.75, 3.05) is 11.9 Å². The van der Waals surface area contributed by atoms with Crippen LogP contribution >= 0.6 is 0 Å². The molecule has 0 aliphatic heterocycles. The number of benzene rings is 2. The SMILES string of the molecule is c1ccc2c(CCNc3nccc(-c4ccc(-n5ccnc5)cc4)n3)c[nH]c2c1. The lowest BCUT2D eigenvalue weighted by atomic mass is 10.1. The summed E-state index contributed by atoms with van der Waals surface area (Å²) in [6.45, 7) is 0.769. The van der Waals surface area contributed by atoms with Crippen molar-refractivity contribution >= 4 is 16.9 Å². The molecule has 142 valence electrons. The highest BCUT2D eigenvalue weighted by Crippen LogP contribution is 2.21. The van der Waals surface area contributed by atoms with Gasteiger partial charge in [0.1, 0.15) is 0 Å². The molecule has 6 nitrogen and oxygen atoms in total. The smallest absolute Gasteiger partial charge is 0.223 e. The Morgan fingerprint density at radius 2 is 1.86 bits per heavy atom. The number of hydrogen-bond donors (Lipinski definition) is 2. The van der Waals surface area contributed by atoms with Crippen LogP contribution in [0.25, 0.3) is 27.8 Å². The zero-order chi connectivity index (χ0) is 19.5. The average Bonchev–Trinajstić information content (AvgIpc) is 3.45. The normalized spacial score (nSPS) is 11.0. The number of nitrogens with one attached hydrogen (secondary N) is 2. The molecule has 6 heteroatoms. The summed E-state index contributed by atoms with van der Waals surface area (Å²) in [7, 11) is 0. The number of fused-ring (bicyclic) bond motifs is 1. The summed E-state index contributed by atoms with van der Waals surface area (Å²) in [5.41, 5.74) is 5.47. The fourth-order valence-electron chi connectivity index (χ4n) is 3.47. The Kier molecular flexibility index (Phi) is 4.50. The summed E-state index contributed by atoms with van der Waals surface area (Å²) in [4.78, 5) is 16.4. The molecule has 0 spiro atoms. The molecule has 0 saturated carbocycles. The van der Waals surface area contributed by atoms with E-state index in [0.29, 0.717) is 5.95 Å². The monoisotopic (exact) mass is 380 g/mol. The van der Waals surface area contributed by atoms with E-state index in [1.807, 2.05) is 22.9 Å². The molecule has 3 heterocycles. The molecule has 0 atom stereocenters. The quantitative estimate of drug-likeness (QED) is 0.456. The van der Waals surface area contributed by atoms with Gasteiger partial charge in [-0.25, -0.2) is 15.0 Å². The summed E-state index contributed by atoms with van der Waals surface area (Å²) in [5, 5.41) is 4.61. The Morgan fingerprint density at radius 3 is 2.72 bits per heavy atom. The Labute approximate surface area is 168 Å². The third-order valence-electron chi connectivity index (χ3n) is 4.97. The van der Waals surface area contributed by atoms with Gasteiger partial charge >= 0.3 is 0 Å². The van der Waals surface area contributed by atoms with Crippen LogP contribution in [-0.2, 0) is 6.42 Å². The number of imidazole rings is 1. The number of anilines is 1. The summed E-state index contributed by atoms with van der Waals surface area (Å²) in [6.07, 6.45) is 10.3. The van der Waals surface area contributed by atoms with Crippen LogP contribution in [0.5, 0.6) is 0 Å². The van der Waals surface area contributed by atoms with Gasteiger partial charge in [0.05, 0.1) is 12.0 Å². The van der Waals surface area contributed by atoms with Gasteiger partial charge in [-0.05, 0) is 36.2 Å². The van der Waals surface area contributed by atoms with E-state index in [2.05, 4.69) is 73.9 Å². The van der Waals surface area contributed by atoms with Crippen LogP contribution < -0.4 is 5.32 Å². The van der Waals surface area contributed by atoms with Gasteiger partial charge in [-0.3, -0.25) is 0 Å². The highest BCUT2D eigenvalue weighted by atomic mass is 15.1. The van der Waals surface area contributed by atoms with E-state index in [1.165, 1.54) is 16.5 Å². The van der Waals surface area contributed by atoms with E-state index in [1.54, 1.807) is 18.7 Å². The number of H-pyrrole nitrogens is 1. The molecule has 0 aliphatic rings. The van der Waals surface area contributed by atoms with Crippen LogP contribution in [0.2, 0.25) is 0 Å². The van der Waals surface area contributed by atoms with Crippen molar-refractivity contribution in [2.24, 2.45) is 0 Å². The Balaban J connectivity index is 1.27.